The second kappa shape index (κ2) is 6.81. The maximum atomic E-state index is 4.17. The molecule has 3 rings (SSSR count). The van der Waals surface area contributed by atoms with E-state index in [1.54, 1.807) is 6.33 Å². The van der Waals surface area contributed by atoms with Crippen LogP contribution in [0.15, 0.2) is 43.0 Å². The molecule has 1 aliphatic rings. The van der Waals surface area contributed by atoms with Crippen LogP contribution in [0.3, 0.4) is 0 Å². The van der Waals surface area contributed by atoms with Gasteiger partial charge in [0.2, 0.25) is 0 Å². The quantitative estimate of drug-likeness (QED) is 0.874. The maximum absolute atomic E-state index is 4.17. The molecule has 1 aromatic heterocycles. The Balaban J connectivity index is 1.88. The minimum Gasteiger partial charge on any atom is -0.306 e. The zero-order chi connectivity index (χ0) is 14.5. The number of benzene rings is 1. The van der Waals surface area contributed by atoms with Gasteiger partial charge in [0.1, 0.15) is 6.33 Å². The van der Waals surface area contributed by atoms with Gasteiger partial charge in [-0.25, -0.2) is 9.97 Å². The Morgan fingerprint density at radius 1 is 1.19 bits per heavy atom. The van der Waals surface area contributed by atoms with E-state index in [2.05, 4.69) is 46.5 Å². The van der Waals surface area contributed by atoms with Crippen molar-refractivity contribution in [2.45, 2.75) is 44.6 Å². The lowest BCUT2D eigenvalue weighted by Gasteiger charge is -2.27. The van der Waals surface area contributed by atoms with E-state index >= 15 is 0 Å². The standard InChI is InChI=1S/C18H23N3/c1-2-9-21-18(17-11-19-13-20-12-17)16-8-4-7-15(10-16)14-5-3-6-14/h4,7-8,10-14,18,21H,2-3,5-6,9H2,1H3. The lowest BCUT2D eigenvalue weighted by molar-refractivity contribution is 0.419. The average molecular weight is 281 g/mol. The number of aromatic nitrogens is 2. The summed E-state index contributed by atoms with van der Waals surface area (Å²) in [4.78, 5) is 8.35. The maximum Gasteiger partial charge on any atom is 0.115 e. The number of rotatable bonds is 6. The van der Waals surface area contributed by atoms with Crippen molar-refractivity contribution in [1.29, 1.82) is 0 Å². The molecule has 1 N–H and O–H groups in total. The van der Waals surface area contributed by atoms with Crippen LogP contribution in [-0.2, 0) is 0 Å². The average Bonchev–Trinajstić information content (AvgIpc) is 2.47. The van der Waals surface area contributed by atoms with Gasteiger partial charge >= 0.3 is 0 Å². The van der Waals surface area contributed by atoms with Gasteiger partial charge in [0.25, 0.3) is 0 Å². The molecule has 1 fully saturated rings. The van der Waals surface area contributed by atoms with Gasteiger partial charge < -0.3 is 5.32 Å². The van der Waals surface area contributed by atoms with Gasteiger partial charge in [-0.3, -0.25) is 0 Å². The summed E-state index contributed by atoms with van der Waals surface area (Å²) >= 11 is 0. The van der Waals surface area contributed by atoms with Gasteiger partial charge in [0, 0.05) is 18.0 Å². The first-order valence-corrected chi connectivity index (χ1v) is 7.96. The first-order chi connectivity index (χ1) is 10.4. The largest absolute Gasteiger partial charge is 0.306 e. The smallest absolute Gasteiger partial charge is 0.115 e. The van der Waals surface area contributed by atoms with Crippen molar-refractivity contribution in [3.63, 3.8) is 0 Å². The third-order valence-electron chi connectivity index (χ3n) is 4.33. The van der Waals surface area contributed by atoms with Gasteiger partial charge in [-0.2, -0.15) is 0 Å². The molecule has 0 amide bonds. The highest BCUT2D eigenvalue weighted by molar-refractivity contribution is 5.34. The number of nitrogens with zero attached hydrogens (tertiary/aromatic N) is 2. The molecular formula is C18H23N3. The number of hydrogen-bond donors (Lipinski definition) is 1. The summed E-state index contributed by atoms with van der Waals surface area (Å²) in [5, 5.41) is 3.62. The molecule has 0 bridgehead atoms. The van der Waals surface area contributed by atoms with Gasteiger partial charge in [0.15, 0.2) is 0 Å². The monoisotopic (exact) mass is 281 g/mol. The molecule has 0 saturated heterocycles. The topological polar surface area (TPSA) is 37.8 Å². The van der Waals surface area contributed by atoms with Crippen LogP contribution in [0, 0.1) is 0 Å². The molecule has 1 aromatic carbocycles. The molecule has 1 aliphatic carbocycles. The highest BCUT2D eigenvalue weighted by Gasteiger charge is 2.21. The molecule has 1 unspecified atom stereocenters. The molecule has 0 aliphatic heterocycles. The molecule has 1 saturated carbocycles. The third-order valence-corrected chi connectivity index (χ3v) is 4.33. The van der Waals surface area contributed by atoms with Crippen LogP contribution in [0.1, 0.15) is 61.3 Å². The van der Waals surface area contributed by atoms with E-state index < -0.39 is 0 Å². The van der Waals surface area contributed by atoms with Crippen LogP contribution in [0.25, 0.3) is 0 Å². The Labute approximate surface area is 126 Å². The SMILES string of the molecule is CCCNC(c1cncnc1)c1cccc(C2CCC2)c1. The fourth-order valence-corrected chi connectivity index (χ4v) is 2.91. The van der Waals surface area contributed by atoms with Crippen molar-refractivity contribution in [2.75, 3.05) is 6.54 Å². The minimum atomic E-state index is 0.186. The zero-order valence-electron chi connectivity index (χ0n) is 12.6. The summed E-state index contributed by atoms with van der Waals surface area (Å²) in [5.41, 5.74) is 3.94. The highest BCUT2D eigenvalue weighted by atomic mass is 14.9. The van der Waals surface area contributed by atoms with Gasteiger partial charge in [-0.1, -0.05) is 37.6 Å². The molecule has 1 atom stereocenters. The molecule has 1 heterocycles. The first-order valence-electron chi connectivity index (χ1n) is 7.96. The summed E-state index contributed by atoms with van der Waals surface area (Å²) in [6, 6.07) is 9.22. The van der Waals surface area contributed by atoms with Crippen molar-refractivity contribution in [1.82, 2.24) is 15.3 Å². The molecule has 2 aromatic rings. The minimum absolute atomic E-state index is 0.186. The lowest BCUT2D eigenvalue weighted by atomic mass is 9.79. The van der Waals surface area contributed by atoms with Crippen LogP contribution >= 0.6 is 0 Å². The van der Waals surface area contributed by atoms with Crippen LogP contribution in [-0.4, -0.2) is 16.5 Å². The summed E-state index contributed by atoms with van der Waals surface area (Å²) in [5.74, 6) is 0.767. The highest BCUT2D eigenvalue weighted by Crippen LogP contribution is 2.37. The lowest BCUT2D eigenvalue weighted by Crippen LogP contribution is -2.23. The van der Waals surface area contributed by atoms with E-state index in [1.165, 1.54) is 30.4 Å². The van der Waals surface area contributed by atoms with Crippen molar-refractivity contribution in [3.05, 3.63) is 59.7 Å². The second-order valence-corrected chi connectivity index (χ2v) is 5.86. The number of nitrogens with one attached hydrogen (secondary N) is 1. The molecular weight excluding hydrogens is 258 g/mol. The third kappa shape index (κ3) is 3.30. The van der Waals surface area contributed by atoms with E-state index in [-0.39, 0.29) is 6.04 Å². The van der Waals surface area contributed by atoms with Crippen molar-refractivity contribution in [3.8, 4) is 0 Å². The predicted molar refractivity (Wildman–Crippen MR) is 85.2 cm³/mol. The van der Waals surface area contributed by atoms with Crippen LogP contribution in [0.5, 0.6) is 0 Å². The Morgan fingerprint density at radius 3 is 2.67 bits per heavy atom. The summed E-state index contributed by atoms with van der Waals surface area (Å²) in [6.45, 7) is 3.18. The van der Waals surface area contributed by atoms with Crippen molar-refractivity contribution >= 4 is 0 Å². The molecule has 110 valence electrons. The molecule has 21 heavy (non-hydrogen) atoms. The second-order valence-electron chi connectivity index (χ2n) is 5.86. The van der Waals surface area contributed by atoms with Crippen LogP contribution < -0.4 is 5.32 Å². The fraction of sp³-hybridized carbons (Fsp3) is 0.444. The van der Waals surface area contributed by atoms with Crippen molar-refractivity contribution in [2.24, 2.45) is 0 Å². The van der Waals surface area contributed by atoms with Crippen LogP contribution in [0.4, 0.5) is 0 Å². The zero-order valence-corrected chi connectivity index (χ0v) is 12.6. The Kier molecular flexibility index (Phi) is 4.61. The van der Waals surface area contributed by atoms with E-state index in [9.17, 15) is 0 Å². The molecule has 3 heteroatoms. The van der Waals surface area contributed by atoms with Gasteiger partial charge in [-0.05, 0) is 42.9 Å². The normalized spacial score (nSPS) is 16.4. The molecule has 0 radical (unpaired) electrons. The Morgan fingerprint density at radius 2 is 2.00 bits per heavy atom. The summed E-state index contributed by atoms with van der Waals surface area (Å²) in [7, 11) is 0. The number of hydrogen-bond acceptors (Lipinski definition) is 3. The van der Waals surface area contributed by atoms with Gasteiger partial charge in [-0.15, -0.1) is 0 Å². The van der Waals surface area contributed by atoms with Crippen LogP contribution in [0.2, 0.25) is 0 Å². The molecule has 0 spiro atoms. The predicted octanol–water partition coefficient (Wildman–Crippen LogP) is 3.83. The Bertz CT molecular complexity index is 564. The fourth-order valence-electron chi connectivity index (χ4n) is 2.91. The van der Waals surface area contributed by atoms with E-state index in [0.717, 1.165) is 24.4 Å². The summed E-state index contributed by atoms with van der Waals surface area (Å²) < 4.78 is 0. The molecule has 3 nitrogen and oxygen atoms in total. The summed E-state index contributed by atoms with van der Waals surface area (Å²) in [6.07, 6.45) is 10.6. The van der Waals surface area contributed by atoms with E-state index in [0.29, 0.717) is 0 Å². The Hall–Kier alpha value is -1.74. The van der Waals surface area contributed by atoms with Gasteiger partial charge in [0.05, 0.1) is 6.04 Å². The van der Waals surface area contributed by atoms with E-state index in [1.807, 2.05) is 12.4 Å². The first kappa shape index (κ1) is 14.2. The van der Waals surface area contributed by atoms with E-state index in [4.69, 9.17) is 0 Å². The van der Waals surface area contributed by atoms with Crippen molar-refractivity contribution < 1.29 is 0 Å².